The maximum atomic E-state index is 5.97. The molecule has 0 radical (unpaired) electrons. The number of aromatic amines is 1. The van der Waals surface area contributed by atoms with Gasteiger partial charge in [0.2, 0.25) is 0 Å². The smallest absolute Gasteiger partial charge is 0.181 e. The molecular formula is C15H13ClN4. The minimum Gasteiger partial charge on any atom is -0.399 e. The largest absolute Gasteiger partial charge is 0.399 e. The fourth-order valence-corrected chi connectivity index (χ4v) is 2.15. The van der Waals surface area contributed by atoms with Crippen molar-refractivity contribution in [3.05, 3.63) is 64.9 Å². The number of nitrogens with one attached hydrogen (secondary N) is 1. The molecule has 0 saturated carbocycles. The topological polar surface area (TPSA) is 67.6 Å². The standard InChI is InChI=1S/C15H13ClN4/c16-12-3-1-2-11(9-12)15-18-14(19-20-15)8-10-4-6-13(17)7-5-10/h1-7,9H,8,17H2,(H,18,19,20). The summed E-state index contributed by atoms with van der Waals surface area (Å²) in [7, 11) is 0. The number of nitrogens with zero attached hydrogens (tertiary/aromatic N) is 2. The zero-order valence-corrected chi connectivity index (χ0v) is 11.4. The van der Waals surface area contributed by atoms with Gasteiger partial charge in [-0.3, -0.25) is 5.10 Å². The molecule has 0 aliphatic rings. The zero-order chi connectivity index (χ0) is 13.9. The lowest BCUT2D eigenvalue weighted by atomic mass is 10.1. The Labute approximate surface area is 121 Å². The summed E-state index contributed by atoms with van der Waals surface area (Å²) in [6, 6.07) is 15.2. The minimum atomic E-state index is 0.651. The number of hydrogen-bond acceptors (Lipinski definition) is 3. The zero-order valence-electron chi connectivity index (χ0n) is 10.7. The SMILES string of the molecule is Nc1ccc(Cc2nc(-c3cccc(Cl)c3)n[nH]2)cc1. The van der Waals surface area contributed by atoms with Gasteiger partial charge in [-0.2, -0.15) is 5.10 Å². The van der Waals surface area contributed by atoms with Crippen molar-refractivity contribution in [3.8, 4) is 11.4 Å². The third-order valence-electron chi connectivity index (χ3n) is 2.97. The summed E-state index contributed by atoms with van der Waals surface area (Å²) in [6.07, 6.45) is 0.688. The van der Waals surface area contributed by atoms with Crippen LogP contribution < -0.4 is 5.73 Å². The molecule has 4 nitrogen and oxygen atoms in total. The second kappa shape index (κ2) is 5.35. The molecule has 2 aromatic carbocycles. The normalized spacial score (nSPS) is 10.7. The van der Waals surface area contributed by atoms with Crippen molar-refractivity contribution in [2.45, 2.75) is 6.42 Å². The number of aromatic nitrogens is 3. The van der Waals surface area contributed by atoms with E-state index in [0.29, 0.717) is 17.3 Å². The highest BCUT2D eigenvalue weighted by Crippen LogP contribution is 2.19. The van der Waals surface area contributed by atoms with Gasteiger partial charge in [0.1, 0.15) is 5.82 Å². The van der Waals surface area contributed by atoms with Crippen molar-refractivity contribution < 1.29 is 0 Å². The molecule has 5 heteroatoms. The number of halogens is 1. The molecule has 0 fully saturated rings. The minimum absolute atomic E-state index is 0.651. The van der Waals surface area contributed by atoms with Gasteiger partial charge >= 0.3 is 0 Å². The van der Waals surface area contributed by atoms with Gasteiger partial charge in [-0.25, -0.2) is 4.98 Å². The lowest BCUT2D eigenvalue weighted by molar-refractivity contribution is 0.973. The number of rotatable bonds is 3. The molecule has 1 heterocycles. The van der Waals surface area contributed by atoms with Crippen LogP contribution in [0.25, 0.3) is 11.4 Å². The molecule has 3 N–H and O–H groups in total. The molecule has 0 aliphatic heterocycles. The van der Waals surface area contributed by atoms with Crippen molar-refractivity contribution in [1.29, 1.82) is 0 Å². The Hall–Kier alpha value is -2.33. The number of hydrogen-bond donors (Lipinski definition) is 2. The maximum absolute atomic E-state index is 5.97. The number of nitrogens with two attached hydrogens (primary N) is 1. The number of anilines is 1. The monoisotopic (exact) mass is 284 g/mol. The molecule has 0 saturated heterocycles. The van der Waals surface area contributed by atoms with E-state index in [9.17, 15) is 0 Å². The molecule has 0 bridgehead atoms. The van der Waals surface area contributed by atoms with E-state index in [1.807, 2.05) is 48.5 Å². The highest BCUT2D eigenvalue weighted by atomic mass is 35.5. The highest BCUT2D eigenvalue weighted by molar-refractivity contribution is 6.30. The summed E-state index contributed by atoms with van der Waals surface area (Å²) in [5.74, 6) is 1.46. The van der Waals surface area contributed by atoms with E-state index in [1.54, 1.807) is 0 Å². The van der Waals surface area contributed by atoms with Crippen LogP contribution in [0.2, 0.25) is 5.02 Å². The predicted octanol–water partition coefficient (Wildman–Crippen LogP) is 3.30. The highest BCUT2D eigenvalue weighted by Gasteiger charge is 2.07. The van der Waals surface area contributed by atoms with E-state index in [-0.39, 0.29) is 0 Å². The Bertz CT molecular complexity index is 719. The lowest BCUT2D eigenvalue weighted by Gasteiger charge is -1.98. The van der Waals surface area contributed by atoms with E-state index in [0.717, 1.165) is 22.6 Å². The molecule has 3 aromatic rings. The number of nitrogen functional groups attached to an aromatic ring is 1. The van der Waals surface area contributed by atoms with Gasteiger partial charge in [0.05, 0.1) is 0 Å². The van der Waals surface area contributed by atoms with E-state index >= 15 is 0 Å². The van der Waals surface area contributed by atoms with E-state index in [1.165, 1.54) is 0 Å². The maximum Gasteiger partial charge on any atom is 0.181 e. The molecule has 100 valence electrons. The lowest BCUT2D eigenvalue weighted by Crippen LogP contribution is -1.92. The van der Waals surface area contributed by atoms with Crippen LogP contribution in [-0.2, 0) is 6.42 Å². The van der Waals surface area contributed by atoms with Crippen LogP contribution in [0.3, 0.4) is 0 Å². The third kappa shape index (κ3) is 2.81. The van der Waals surface area contributed by atoms with Crippen LogP contribution in [0.4, 0.5) is 5.69 Å². The second-order valence-corrected chi connectivity index (χ2v) is 4.97. The molecule has 0 spiro atoms. The van der Waals surface area contributed by atoms with Gasteiger partial charge in [0.15, 0.2) is 5.82 Å². The fraction of sp³-hybridized carbons (Fsp3) is 0.0667. The summed E-state index contributed by atoms with van der Waals surface area (Å²) in [5.41, 5.74) is 8.45. The third-order valence-corrected chi connectivity index (χ3v) is 3.20. The van der Waals surface area contributed by atoms with Gasteiger partial charge in [-0.1, -0.05) is 35.9 Å². The average molecular weight is 285 g/mol. The molecule has 0 amide bonds. The van der Waals surface area contributed by atoms with Crippen LogP contribution in [0.15, 0.2) is 48.5 Å². The first kappa shape index (κ1) is 12.7. The van der Waals surface area contributed by atoms with Gasteiger partial charge in [0, 0.05) is 22.7 Å². The quantitative estimate of drug-likeness (QED) is 0.725. The molecule has 20 heavy (non-hydrogen) atoms. The Morgan fingerprint density at radius 2 is 1.90 bits per heavy atom. The van der Waals surface area contributed by atoms with E-state index < -0.39 is 0 Å². The van der Waals surface area contributed by atoms with Crippen LogP contribution >= 0.6 is 11.6 Å². The fourth-order valence-electron chi connectivity index (χ4n) is 1.96. The predicted molar refractivity (Wildman–Crippen MR) is 80.5 cm³/mol. The van der Waals surface area contributed by atoms with Gasteiger partial charge in [-0.15, -0.1) is 0 Å². The first-order valence-corrected chi connectivity index (χ1v) is 6.60. The van der Waals surface area contributed by atoms with Crippen LogP contribution in [0.1, 0.15) is 11.4 Å². The van der Waals surface area contributed by atoms with Crippen LogP contribution in [0, 0.1) is 0 Å². The summed E-state index contributed by atoms with van der Waals surface area (Å²) in [5, 5.41) is 7.85. The Kier molecular flexibility index (Phi) is 3.39. The van der Waals surface area contributed by atoms with E-state index in [4.69, 9.17) is 17.3 Å². The van der Waals surface area contributed by atoms with Crippen molar-refractivity contribution in [2.75, 3.05) is 5.73 Å². The Balaban J connectivity index is 1.82. The van der Waals surface area contributed by atoms with E-state index in [2.05, 4.69) is 15.2 Å². The second-order valence-electron chi connectivity index (χ2n) is 4.53. The average Bonchev–Trinajstić information content (AvgIpc) is 2.90. The molecule has 0 atom stereocenters. The van der Waals surface area contributed by atoms with Crippen molar-refractivity contribution in [2.24, 2.45) is 0 Å². The summed E-state index contributed by atoms with van der Waals surface area (Å²) in [4.78, 5) is 4.48. The van der Waals surface area contributed by atoms with Crippen LogP contribution in [-0.4, -0.2) is 15.2 Å². The molecular weight excluding hydrogens is 272 g/mol. The summed E-state index contributed by atoms with van der Waals surface area (Å²) >= 11 is 5.97. The van der Waals surface area contributed by atoms with Crippen LogP contribution in [0.5, 0.6) is 0 Å². The summed E-state index contributed by atoms with van der Waals surface area (Å²) < 4.78 is 0. The first-order chi connectivity index (χ1) is 9.70. The Morgan fingerprint density at radius 1 is 1.10 bits per heavy atom. The first-order valence-electron chi connectivity index (χ1n) is 6.22. The number of benzene rings is 2. The van der Waals surface area contributed by atoms with Crippen molar-refractivity contribution >= 4 is 17.3 Å². The Morgan fingerprint density at radius 3 is 2.65 bits per heavy atom. The molecule has 0 unspecified atom stereocenters. The molecule has 0 aliphatic carbocycles. The van der Waals surface area contributed by atoms with Crippen molar-refractivity contribution in [1.82, 2.24) is 15.2 Å². The molecule has 1 aromatic heterocycles. The van der Waals surface area contributed by atoms with Crippen molar-refractivity contribution in [3.63, 3.8) is 0 Å². The number of H-pyrrole nitrogens is 1. The summed E-state index contributed by atoms with van der Waals surface area (Å²) in [6.45, 7) is 0. The van der Waals surface area contributed by atoms with Gasteiger partial charge in [0.25, 0.3) is 0 Å². The molecule has 3 rings (SSSR count). The van der Waals surface area contributed by atoms with Gasteiger partial charge in [-0.05, 0) is 29.8 Å². The van der Waals surface area contributed by atoms with Gasteiger partial charge < -0.3 is 5.73 Å².